The summed E-state index contributed by atoms with van der Waals surface area (Å²) in [5.74, 6) is 0.779. The van der Waals surface area contributed by atoms with Crippen molar-refractivity contribution in [2.75, 3.05) is 19.6 Å². The van der Waals surface area contributed by atoms with Crippen LogP contribution in [0.1, 0.15) is 57.9 Å². The van der Waals surface area contributed by atoms with Crippen LogP contribution in [0.25, 0.3) is 11.5 Å². The van der Waals surface area contributed by atoms with Crippen molar-refractivity contribution in [2.24, 2.45) is 5.92 Å². The Bertz CT molecular complexity index is 943. The Kier molecular flexibility index (Phi) is 8.72. The van der Waals surface area contributed by atoms with E-state index in [9.17, 15) is 14.7 Å². The highest BCUT2D eigenvalue weighted by Gasteiger charge is 2.29. The van der Waals surface area contributed by atoms with Crippen molar-refractivity contribution in [3.63, 3.8) is 0 Å². The van der Waals surface area contributed by atoms with Gasteiger partial charge in [-0.25, -0.2) is 14.6 Å². The molecule has 0 saturated carbocycles. The highest BCUT2D eigenvalue weighted by atomic mass is 16.6. The maximum atomic E-state index is 12.0. The largest absolute Gasteiger partial charge is 0.480 e. The zero-order chi connectivity index (χ0) is 24.7. The first-order valence-corrected chi connectivity index (χ1v) is 12.1. The summed E-state index contributed by atoms with van der Waals surface area (Å²) in [5, 5.41) is 12.0. The molecule has 1 atom stereocenters. The Balaban J connectivity index is 1.41. The van der Waals surface area contributed by atoms with Crippen molar-refractivity contribution >= 4 is 12.1 Å². The molecule has 1 fully saturated rings. The van der Waals surface area contributed by atoms with Crippen LogP contribution >= 0.6 is 0 Å². The number of carboxylic acid groups (broad SMARTS) is 1. The summed E-state index contributed by atoms with van der Waals surface area (Å²) < 4.78 is 11.1. The highest BCUT2D eigenvalue weighted by Crippen LogP contribution is 2.24. The standard InChI is InChI=1S/C26H37N3O5/c1-18-21(27-23(33-18)20-9-6-5-7-10-20)11-8-14-29-15-12-19(13-16-29)17-22(24(30)31)28-25(32)34-26(2,3)4/h5-7,9-10,19,22H,8,11-17H2,1-4H3,(H,28,32)(H,30,31). The molecule has 8 heteroatoms. The number of aryl methyl sites for hydroxylation is 2. The number of alkyl carbamates (subject to hydrolysis) is 1. The van der Waals surface area contributed by atoms with E-state index in [1.807, 2.05) is 37.3 Å². The van der Waals surface area contributed by atoms with E-state index in [1.165, 1.54) is 0 Å². The molecular formula is C26H37N3O5. The number of oxazole rings is 1. The van der Waals surface area contributed by atoms with Gasteiger partial charge in [-0.2, -0.15) is 0 Å². The number of hydrogen-bond acceptors (Lipinski definition) is 6. The van der Waals surface area contributed by atoms with E-state index in [0.717, 1.165) is 62.3 Å². The van der Waals surface area contributed by atoms with E-state index in [4.69, 9.17) is 9.15 Å². The first-order valence-electron chi connectivity index (χ1n) is 12.1. The lowest BCUT2D eigenvalue weighted by molar-refractivity contribution is -0.140. The van der Waals surface area contributed by atoms with Crippen LogP contribution in [-0.2, 0) is 16.0 Å². The van der Waals surface area contributed by atoms with Gasteiger partial charge in [-0.3, -0.25) is 0 Å². The molecule has 0 bridgehead atoms. The Labute approximate surface area is 201 Å². The molecule has 34 heavy (non-hydrogen) atoms. The van der Waals surface area contributed by atoms with Crippen LogP contribution < -0.4 is 5.32 Å². The molecule has 1 unspecified atom stereocenters. The average Bonchev–Trinajstić information content (AvgIpc) is 3.14. The third-order valence-corrected chi connectivity index (χ3v) is 6.07. The fraction of sp³-hybridized carbons (Fsp3) is 0.577. The summed E-state index contributed by atoms with van der Waals surface area (Å²) in [5.41, 5.74) is 1.33. The maximum absolute atomic E-state index is 12.0. The molecule has 8 nitrogen and oxygen atoms in total. The number of carbonyl (C=O) groups is 2. The third kappa shape index (κ3) is 7.87. The molecule has 1 saturated heterocycles. The van der Waals surface area contributed by atoms with Gasteiger partial charge >= 0.3 is 12.1 Å². The molecule has 1 aliphatic heterocycles. The number of aliphatic carboxylic acids is 1. The summed E-state index contributed by atoms with van der Waals surface area (Å²) in [6.07, 6.45) is 3.42. The van der Waals surface area contributed by atoms with Crippen molar-refractivity contribution in [1.29, 1.82) is 0 Å². The number of likely N-dealkylation sites (tertiary alicyclic amines) is 1. The molecule has 2 N–H and O–H groups in total. The van der Waals surface area contributed by atoms with E-state index in [2.05, 4.69) is 15.2 Å². The number of hydrogen-bond donors (Lipinski definition) is 2. The van der Waals surface area contributed by atoms with Crippen LogP contribution in [0.4, 0.5) is 4.79 Å². The minimum Gasteiger partial charge on any atom is -0.480 e. The normalized spacial score (nSPS) is 16.2. The Morgan fingerprint density at radius 3 is 2.53 bits per heavy atom. The van der Waals surface area contributed by atoms with Crippen LogP contribution in [0.15, 0.2) is 34.7 Å². The number of carbonyl (C=O) groups excluding carboxylic acids is 1. The smallest absolute Gasteiger partial charge is 0.408 e. The predicted molar refractivity (Wildman–Crippen MR) is 130 cm³/mol. The summed E-state index contributed by atoms with van der Waals surface area (Å²) in [6.45, 7) is 10.0. The van der Waals surface area contributed by atoms with Crippen molar-refractivity contribution in [2.45, 2.75) is 71.4 Å². The van der Waals surface area contributed by atoms with Gasteiger partial charge < -0.3 is 24.5 Å². The number of benzene rings is 1. The Hall–Kier alpha value is -2.87. The monoisotopic (exact) mass is 471 g/mol. The van der Waals surface area contributed by atoms with Gasteiger partial charge in [-0.05, 0) is 97.5 Å². The summed E-state index contributed by atoms with van der Waals surface area (Å²) in [4.78, 5) is 30.7. The quantitative estimate of drug-likeness (QED) is 0.548. The topological polar surface area (TPSA) is 105 Å². The SMILES string of the molecule is Cc1oc(-c2ccccc2)nc1CCCN1CCC(CC(NC(=O)OC(C)(C)C)C(=O)O)CC1. The third-order valence-electron chi connectivity index (χ3n) is 6.07. The lowest BCUT2D eigenvalue weighted by atomic mass is 9.90. The van der Waals surface area contributed by atoms with Crippen molar-refractivity contribution in [1.82, 2.24) is 15.2 Å². The lowest BCUT2D eigenvalue weighted by Crippen LogP contribution is -2.45. The summed E-state index contributed by atoms with van der Waals surface area (Å²) >= 11 is 0. The molecule has 2 heterocycles. The zero-order valence-electron chi connectivity index (χ0n) is 20.7. The van der Waals surface area contributed by atoms with Gasteiger partial charge in [0.15, 0.2) is 0 Å². The number of ether oxygens (including phenoxy) is 1. The van der Waals surface area contributed by atoms with Crippen LogP contribution in [0.5, 0.6) is 0 Å². The van der Waals surface area contributed by atoms with Gasteiger partial charge in [0.1, 0.15) is 17.4 Å². The minimum absolute atomic E-state index is 0.263. The number of amides is 1. The minimum atomic E-state index is -1.02. The second-order valence-electron chi connectivity index (χ2n) is 10.0. The molecule has 1 amide bonds. The fourth-order valence-corrected chi connectivity index (χ4v) is 4.28. The van der Waals surface area contributed by atoms with Gasteiger partial charge in [-0.1, -0.05) is 18.2 Å². The number of piperidine rings is 1. The number of nitrogens with one attached hydrogen (secondary N) is 1. The number of carboxylic acids is 1. The molecule has 3 rings (SSSR count). The van der Waals surface area contributed by atoms with Gasteiger partial charge in [0.05, 0.1) is 5.69 Å². The first-order chi connectivity index (χ1) is 16.1. The lowest BCUT2D eigenvalue weighted by Gasteiger charge is -2.33. The highest BCUT2D eigenvalue weighted by molar-refractivity contribution is 5.80. The Morgan fingerprint density at radius 2 is 1.91 bits per heavy atom. The van der Waals surface area contributed by atoms with Gasteiger partial charge in [0.2, 0.25) is 5.89 Å². The summed E-state index contributed by atoms with van der Waals surface area (Å²) in [7, 11) is 0. The van der Waals surface area contributed by atoms with Crippen LogP contribution in [0.3, 0.4) is 0 Å². The number of nitrogens with zero attached hydrogens (tertiary/aromatic N) is 2. The molecule has 2 aromatic rings. The fourth-order valence-electron chi connectivity index (χ4n) is 4.28. The van der Waals surface area contributed by atoms with Crippen LogP contribution in [0.2, 0.25) is 0 Å². The zero-order valence-corrected chi connectivity index (χ0v) is 20.7. The van der Waals surface area contributed by atoms with E-state index in [0.29, 0.717) is 12.3 Å². The van der Waals surface area contributed by atoms with E-state index >= 15 is 0 Å². The van der Waals surface area contributed by atoms with Crippen LogP contribution in [0, 0.1) is 12.8 Å². The van der Waals surface area contributed by atoms with E-state index < -0.39 is 23.7 Å². The average molecular weight is 472 g/mol. The number of rotatable bonds is 9. The summed E-state index contributed by atoms with van der Waals surface area (Å²) in [6, 6.07) is 8.99. The van der Waals surface area contributed by atoms with Crippen LogP contribution in [-0.4, -0.2) is 58.3 Å². The van der Waals surface area contributed by atoms with Gasteiger partial charge in [0.25, 0.3) is 0 Å². The molecule has 0 radical (unpaired) electrons. The van der Waals surface area contributed by atoms with Crippen molar-refractivity contribution in [3.05, 3.63) is 41.8 Å². The first kappa shape index (κ1) is 25.7. The molecule has 1 aromatic heterocycles. The van der Waals surface area contributed by atoms with Crippen molar-refractivity contribution < 1.29 is 23.8 Å². The molecule has 0 aliphatic carbocycles. The second-order valence-corrected chi connectivity index (χ2v) is 10.0. The Morgan fingerprint density at radius 1 is 1.24 bits per heavy atom. The predicted octanol–water partition coefficient (Wildman–Crippen LogP) is 4.66. The molecule has 1 aliphatic rings. The molecule has 0 spiro atoms. The van der Waals surface area contributed by atoms with Gasteiger partial charge in [-0.15, -0.1) is 0 Å². The second kappa shape index (κ2) is 11.5. The number of aromatic nitrogens is 1. The van der Waals surface area contributed by atoms with E-state index in [-0.39, 0.29) is 5.92 Å². The molecule has 1 aromatic carbocycles. The maximum Gasteiger partial charge on any atom is 0.408 e. The van der Waals surface area contributed by atoms with E-state index in [1.54, 1.807) is 20.8 Å². The molecule has 186 valence electrons. The molecular weight excluding hydrogens is 434 g/mol. The van der Waals surface area contributed by atoms with Crippen molar-refractivity contribution in [3.8, 4) is 11.5 Å². The van der Waals surface area contributed by atoms with Gasteiger partial charge in [0, 0.05) is 5.56 Å².